The lowest BCUT2D eigenvalue weighted by Crippen LogP contribution is -2.36. The summed E-state index contributed by atoms with van der Waals surface area (Å²) in [5, 5.41) is 10.4. The molecule has 1 N–H and O–H groups in total. The maximum Gasteiger partial charge on any atom is 0.410 e. The number of ether oxygens (including phenoxy) is 3. The number of hydrogen-bond acceptors (Lipinski definition) is 8. The van der Waals surface area contributed by atoms with Gasteiger partial charge in [-0.1, -0.05) is 12.1 Å². The van der Waals surface area contributed by atoms with Gasteiger partial charge in [0.25, 0.3) is 0 Å². The van der Waals surface area contributed by atoms with Crippen LogP contribution in [0, 0.1) is 0 Å². The summed E-state index contributed by atoms with van der Waals surface area (Å²) in [4.78, 5) is 13.3. The number of hydrogen-bond donors (Lipinski definition) is 1. The molecular weight excluding hydrogens is 438 g/mol. The van der Waals surface area contributed by atoms with Gasteiger partial charge in [-0.25, -0.2) is 4.79 Å². The third-order valence-electron chi connectivity index (χ3n) is 4.43. The fourth-order valence-electron chi connectivity index (χ4n) is 2.88. The maximum absolute atomic E-state index is 12.6. The van der Waals surface area contributed by atoms with Gasteiger partial charge in [-0.3, -0.25) is 0 Å². The highest BCUT2D eigenvalue weighted by Gasteiger charge is 2.23. The molecule has 0 aliphatic carbocycles. The van der Waals surface area contributed by atoms with Gasteiger partial charge in [0, 0.05) is 13.1 Å². The number of benzene rings is 2. The van der Waals surface area contributed by atoms with Gasteiger partial charge in [0.15, 0.2) is 11.5 Å². The van der Waals surface area contributed by atoms with Gasteiger partial charge in [-0.15, -0.1) is 0 Å². The number of carbonyl (C=O) groups excluding carboxylic acids is 1. The Labute approximate surface area is 187 Å². The number of rotatable bonds is 6. The molecule has 9 nitrogen and oxygen atoms in total. The van der Waals surface area contributed by atoms with Crippen LogP contribution in [0.25, 0.3) is 0 Å². The molecule has 1 aliphatic rings. The van der Waals surface area contributed by atoms with Crippen molar-refractivity contribution in [2.75, 3.05) is 26.8 Å². The van der Waals surface area contributed by atoms with Crippen molar-refractivity contribution in [2.24, 2.45) is 0 Å². The molecular formula is C22H27NO8S. The number of aliphatic hydroxyl groups excluding tert-OH is 1. The summed E-state index contributed by atoms with van der Waals surface area (Å²) in [7, 11) is -2.57. The van der Waals surface area contributed by atoms with Crippen molar-refractivity contribution in [3.8, 4) is 17.2 Å². The Bertz CT molecular complexity index is 1060. The molecule has 2 aromatic rings. The average Bonchev–Trinajstić information content (AvgIpc) is 2.72. The van der Waals surface area contributed by atoms with Crippen molar-refractivity contribution in [1.29, 1.82) is 0 Å². The molecule has 2 aromatic carbocycles. The van der Waals surface area contributed by atoms with Crippen LogP contribution in [0.15, 0.2) is 47.4 Å². The Kier molecular flexibility index (Phi) is 6.85. The van der Waals surface area contributed by atoms with E-state index in [1.54, 1.807) is 20.8 Å². The van der Waals surface area contributed by atoms with Gasteiger partial charge in [0.1, 0.15) is 29.5 Å². The lowest BCUT2D eigenvalue weighted by atomic mass is 10.1. The molecule has 1 unspecified atom stereocenters. The van der Waals surface area contributed by atoms with Crippen molar-refractivity contribution in [3.05, 3.63) is 48.0 Å². The van der Waals surface area contributed by atoms with Crippen molar-refractivity contribution in [1.82, 2.24) is 4.90 Å². The molecule has 0 bridgehead atoms. The molecule has 1 amide bonds. The van der Waals surface area contributed by atoms with Crippen LogP contribution in [0.4, 0.5) is 4.79 Å². The van der Waals surface area contributed by atoms with Gasteiger partial charge in [0.2, 0.25) is 0 Å². The summed E-state index contributed by atoms with van der Waals surface area (Å²) in [6, 6.07) is 10.2. The number of amides is 1. The average molecular weight is 466 g/mol. The third kappa shape index (κ3) is 6.04. The third-order valence-corrected chi connectivity index (χ3v) is 5.67. The summed E-state index contributed by atoms with van der Waals surface area (Å²) >= 11 is 0. The monoisotopic (exact) mass is 465 g/mol. The van der Waals surface area contributed by atoms with Crippen LogP contribution < -0.4 is 13.7 Å². The quantitative estimate of drug-likeness (QED) is 0.648. The second-order valence-electron chi connectivity index (χ2n) is 8.29. The second kappa shape index (κ2) is 9.25. The van der Waals surface area contributed by atoms with E-state index in [1.807, 2.05) is 0 Å². The Morgan fingerprint density at radius 2 is 1.72 bits per heavy atom. The zero-order valence-electron chi connectivity index (χ0n) is 18.4. The van der Waals surface area contributed by atoms with E-state index in [4.69, 9.17) is 18.4 Å². The lowest BCUT2D eigenvalue weighted by molar-refractivity contribution is 0.0205. The summed E-state index contributed by atoms with van der Waals surface area (Å²) in [5.41, 5.74) is -0.151. The highest BCUT2D eigenvalue weighted by Crippen LogP contribution is 2.33. The standard InChI is InChI=1S/C22H27NO8S/c1-22(2,3)30-21(25)23(4)14-18(24)15-5-7-16(8-6-15)31-32(26,27)17-9-10-19-20(13-17)29-12-11-28-19/h5-10,13,18,24H,11-12,14H2,1-4H3. The van der Waals surface area contributed by atoms with Gasteiger partial charge in [0.05, 0.1) is 12.6 Å². The molecule has 174 valence electrons. The molecule has 1 aliphatic heterocycles. The smallest absolute Gasteiger partial charge is 0.410 e. The molecule has 32 heavy (non-hydrogen) atoms. The minimum Gasteiger partial charge on any atom is -0.486 e. The van der Waals surface area contributed by atoms with Crippen molar-refractivity contribution in [2.45, 2.75) is 37.4 Å². The molecule has 10 heteroatoms. The van der Waals surface area contributed by atoms with E-state index in [0.29, 0.717) is 30.3 Å². The summed E-state index contributed by atoms with van der Waals surface area (Å²) in [5.74, 6) is 0.898. The van der Waals surface area contributed by atoms with Crippen LogP contribution in [0.5, 0.6) is 17.2 Å². The zero-order valence-corrected chi connectivity index (χ0v) is 19.2. The van der Waals surface area contributed by atoms with Crippen LogP contribution in [0.1, 0.15) is 32.4 Å². The molecule has 0 fully saturated rings. The van der Waals surface area contributed by atoms with E-state index in [2.05, 4.69) is 0 Å². The molecule has 1 heterocycles. The molecule has 0 saturated carbocycles. The summed E-state index contributed by atoms with van der Waals surface area (Å²) < 4.78 is 46.5. The van der Waals surface area contributed by atoms with Crippen LogP contribution >= 0.6 is 0 Å². The van der Waals surface area contributed by atoms with E-state index < -0.39 is 27.9 Å². The first-order valence-corrected chi connectivity index (χ1v) is 11.4. The fraction of sp³-hybridized carbons (Fsp3) is 0.409. The van der Waals surface area contributed by atoms with Gasteiger partial charge in [-0.05, 0) is 50.6 Å². The lowest BCUT2D eigenvalue weighted by Gasteiger charge is -2.26. The number of nitrogens with zero attached hydrogens (tertiary/aromatic N) is 1. The molecule has 3 rings (SSSR count). The predicted octanol–water partition coefficient (Wildman–Crippen LogP) is 3.13. The van der Waals surface area contributed by atoms with Gasteiger partial charge >= 0.3 is 16.2 Å². The first kappa shape index (κ1) is 23.7. The number of aliphatic hydroxyl groups is 1. The summed E-state index contributed by atoms with van der Waals surface area (Å²) in [6.45, 7) is 6.02. The minimum absolute atomic E-state index is 0.00458. The van der Waals surface area contributed by atoms with E-state index in [0.717, 1.165) is 0 Å². The maximum atomic E-state index is 12.6. The molecule has 0 spiro atoms. The highest BCUT2D eigenvalue weighted by atomic mass is 32.2. The molecule has 0 saturated heterocycles. The number of carbonyl (C=O) groups is 1. The Balaban J connectivity index is 1.64. The normalized spacial score (nSPS) is 14.4. The van der Waals surface area contributed by atoms with E-state index >= 15 is 0 Å². The first-order chi connectivity index (χ1) is 14.9. The summed E-state index contributed by atoms with van der Waals surface area (Å²) in [6.07, 6.45) is -1.54. The Morgan fingerprint density at radius 1 is 1.09 bits per heavy atom. The van der Waals surface area contributed by atoms with Crippen LogP contribution in [-0.2, 0) is 14.9 Å². The van der Waals surface area contributed by atoms with E-state index in [-0.39, 0.29) is 17.2 Å². The number of likely N-dealkylation sites (N-methyl/N-ethyl adjacent to an activating group) is 1. The van der Waals surface area contributed by atoms with Crippen LogP contribution in [0.3, 0.4) is 0 Å². The van der Waals surface area contributed by atoms with Crippen molar-refractivity contribution >= 4 is 16.2 Å². The Hall–Kier alpha value is -2.98. The zero-order chi connectivity index (χ0) is 23.5. The Morgan fingerprint density at radius 3 is 2.34 bits per heavy atom. The van der Waals surface area contributed by atoms with Crippen LogP contribution in [-0.4, -0.2) is 56.9 Å². The van der Waals surface area contributed by atoms with Gasteiger partial charge < -0.3 is 28.4 Å². The second-order valence-corrected chi connectivity index (χ2v) is 9.83. The minimum atomic E-state index is -4.10. The highest BCUT2D eigenvalue weighted by molar-refractivity contribution is 7.87. The predicted molar refractivity (Wildman–Crippen MR) is 116 cm³/mol. The van der Waals surface area contributed by atoms with E-state index in [1.165, 1.54) is 54.4 Å². The first-order valence-electron chi connectivity index (χ1n) is 10.0. The van der Waals surface area contributed by atoms with Crippen molar-refractivity contribution < 1.29 is 36.7 Å². The molecule has 1 atom stereocenters. The molecule has 0 aromatic heterocycles. The van der Waals surface area contributed by atoms with Crippen molar-refractivity contribution in [3.63, 3.8) is 0 Å². The topological polar surface area (TPSA) is 112 Å². The number of fused-ring (bicyclic) bond motifs is 1. The van der Waals surface area contributed by atoms with E-state index in [9.17, 15) is 18.3 Å². The largest absolute Gasteiger partial charge is 0.486 e. The molecule has 0 radical (unpaired) electrons. The SMILES string of the molecule is CN(CC(O)c1ccc(OS(=O)(=O)c2ccc3c(c2)OCCO3)cc1)C(=O)OC(C)(C)C. The fourth-order valence-corrected chi connectivity index (χ4v) is 3.83. The van der Waals surface area contributed by atoms with Gasteiger partial charge in [-0.2, -0.15) is 8.42 Å². The van der Waals surface area contributed by atoms with Crippen LogP contribution in [0.2, 0.25) is 0 Å².